The quantitative estimate of drug-likeness (QED) is 0.896. The van der Waals surface area contributed by atoms with Crippen LogP contribution in [0.1, 0.15) is 37.4 Å². The number of amides is 1. The zero-order valence-electron chi connectivity index (χ0n) is 11.2. The molecule has 1 aromatic carbocycles. The van der Waals surface area contributed by atoms with Gasteiger partial charge in [-0.2, -0.15) is 0 Å². The molecule has 1 amide bonds. The minimum absolute atomic E-state index is 0. The second kappa shape index (κ2) is 6.35. The number of hydrogen-bond acceptors (Lipinski definition) is 2. The average molecular weight is 287 g/mol. The van der Waals surface area contributed by atoms with E-state index < -0.39 is 0 Å². The highest BCUT2D eigenvalue weighted by molar-refractivity contribution is 5.85. The molecule has 0 bridgehead atoms. The SMILES string of the molecule is CC(N)C(C)C(=O)NC1CCc2cc(F)ccc21.Cl. The number of rotatable bonds is 3. The van der Waals surface area contributed by atoms with E-state index in [0.717, 1.165) is 24.0 Å². The van der Waals surface area contributed by atoms with Crippen molar-refractivity contribution in [2.45, 2.75) is 38.8 Å². The fourth-order valence-electron chi connectivity index (χ4n) is 2.28. The Morgan fingerprint density at radius 2 is 2.16 bits per heavy atom. The van der Waals surface area contributed by atoms with Crippen LogP contribution in [0.5, 0.6) is 0 Å². The van der Waals surface area contributed by atoms with Gasteiger partial charge in [0.2, 0.25) is 5.91 Å². The molecule has 0 radical (unpaired) electrons. The first kappa shape index (κ1) is 15.9. The molecule has 1 aliphatic carbocycles. The Morgan fingerprint density at radius 1 is 1.47 bits per heavy atom. The van der Waals surface area contributed by atoms with Gasteiger partial charge in [-0.1, -0.05) is 13.0 Å². The molecule has 0 aliphatic heterocycles. The predicted molar refractivity (Wildman–Crippen MR) is 75.7 cm³/mol. The third-order valence-electron chi connectivity index (χ3n) is 3.70. The molecule has 3 N–H and O–H groups in total. The van der Waals surface area contributed by atoms with Crippen LogP contribution < -0.4 is 11.1 Å². The lowest BCUT2D eigenvalue weighted by Crippen LogP contribution is -2.39. The number of halogens is 2. The van der Waals surface area contributed by atoms with E-state index in [1.54, 1.807) is 12.1 Å². The van der Waals surface area contributed by atoms with E-state index in [-0.39, 0.29) is 42.1 Å². The topological polar surface area (TPSA) is 55.1 Å². The van der Waals surface area contributed by atoms with Crippen LogP contribution in [0.4, 0.5) is 4.39 Å². The summed E-state index contributed by atoms with van der Waals surface area (Å²) in [6, 6.07) is 4.59. The number of carbonyl (C=O) groups excluding carboxylic acids is 1. The van der Waals surface area contributed by atoms with Crippen molar-refractivity contribution < 1.29 is 9.18 Å². The van der Waals surface area contributed by atoms with Crippen LogP contribution in [-0.4, -0.2) is 11.9 Å². The monoisotopic (exact) mass is 286 g/mol. The molecular formula is C14H20ClFN2O. The Bertz CT molecular complexity index is 465. The van der Waals surface area contributed by atoms with Gasteiger partial charge in [0.1, 0.15) is 5.82 Å². The van der Waals surface area contributed by atoms with Crippen molar-refractivity contribution in [3.05, 3.63) is 35.1 Å². The van der Waals surface area contributed by atoms with E-state index in [9.17, 15) is 9.18 Å². The molecule has 0 heterocycles. The maximum atomic E-state index is 13.1. The maximum absolute atomic E-state index is 13.1. The second-order valence-corrected chi connectivity index (χ2v) is 5.09. The molecule has 0 aromatic heterocycles. The minimum atomic E-state index is -0.218. The molecule has 3 nitrogen and oxygen atoms in total. The van der Waals surface area contributed by atoms with E-state index in [2.05, 4.69) is 5.32 Å². The third-order valence-corrected chi connectivity index (χ3v) is 3.70. The fraction of sp³-hybridized carbons (Fsp3) is 0.500. The molecule has 1 aliphatic rings. The predicted octanol–water partition coefficient (Wildman–Crippen LogP) is 2.33. The molecular weight excluding hydrogens is 267 g/mol. The summed E-state index contributed by atoms with van der Waals surface area (Å²) in [5, 5.41) is 2.99. The molecule has 3 atom stereocenters. The summed E-state index contributed by atoms with van der Waals surface area (Å²) in [6.45, 7) is 3.64. The van der Waals surface area contributed by atoms with Crippen LogP contribution in [0, 0.1) is 11.7 Å². The average Bonchev–Trinajstić information content (AvgIpc) is 2.70. The second-order valence-electron chi connectivity index (χ2n) is 5.09. The van der Waals surface area contributed by atoms with Gasteiger partial charge in [-0.05, 0) is 43.0 Å². The van der Waals surface area contributed by atoms with Gasteiger partial charge in [-0.25, -0.2) is 4.39 Å². The van der Waals surface area contributed by atoms with Crippen molar-refractivity contribution in [2.75, 3.05) is 0 Å². The Labute approximate surface area is 119 Å². The molecule has 1 aromatic rings. The number of fused-ring (bicyclic) bond motifs is 1. The van der Waals surface area contributed by atoms with Crippen molar-refractivity contribution in [2.24, 2.45) is 11.7 Å². The Balaban J connectivity index is 0.00000180. The summed E-state index contributed by atoms with van der Waals surface area (Å²) in [5.74, 6) is -0.466. The third kappa shape index (κ3) is 3.45. The number of carbonyl (C=O) groups is 1. The molecule has 0 spiro atoms. The molecule has 5 heteroatoms. The van der Waals surface area contributed by atoms with E-state index >= 15 is 0 Å². The first-order valence-corrected chi connectivity index (χ1v) is 6.33. The van der Waals surface area contributed by atoms with Crippen molar-refractivity contribution in [3.63, 3.8) is 0 Å². The standard InChI is InChI=1S/C14H19FN2O.ClH/c1-8(9(2)16)14(18)17-13-6-3-10-7-11(15)4-5-12(10)13;/h4-5,7-9,13H,3,6,16H2,1-2H3,(H,17,18);1H. The van der Waals surface area contributed by atoms with Gasteiger partial charge < -0.3 is 11.1 Å². The highest BCUT2D eigenvalue weighted by Gasteiger charge is 2.26. The Hall–Kier alpha value is -1.13. The van der Waals surface area contributed by atoms with Crippen LogP contribution in [0.25, 0.3) is 0 Å². The van der Waals surface area contributed by atoms with Gasteiger partial charge in [-0.15, -0.1) is 12.4 Å². The van der Waals surface area contributed by atoms with Gasteiger partial charge in [0.15, 0.2) is 0 Å². The zero-order chi connectivity index (χ0) is 13.3. The smallest absolute Gasteiger partial charge is 0.224 e. The van der Waals surface area contributed by atoms with Gasteiger partial charge in [-0.3, -0.25) is 4.79 Å². The van der Waals surface area contributed by atoms with Crippen molar-refractivity contribution in [1.29, 1.82) is 0 Å². The van der Waals surface area contributed by atoms with E-state index in [0.29, 0.717) is 0 Å². The van der Waals surface area contributed by atoms with Gasteiger partial charge >= 0.3 is 0 Å². The summed E-state index contributed by atoms with van der Waals surface area (Å²) < 4.78 is 13.1. The highest BCUT2D eigenvalue weighted by atomic mass is 35.5. The number of nitrogens with two attached hydrogens (primary N) is 1. The van der Waals surface area contributed by atoms with Crippen LogP contribution in [0.3, 0.4) is 0 Å². The molecule has 0 fully saturated rings. The Morgan fingerprint density at radius 3 is 2.79 bits per heavy atom. The first-order valence-electron chi connectivity index (χ1n) is 6.33. The van der Waals surface area contributed by atoms with Crippen molar-refractivity contribution in [3.8, 4) is 0 Å². The van der Waals surface area contributed by atoms with Crippen molar-refractivity contribution in [1.82, 2.24) is 5.32 Å². The van der Waals surface area contributed by atoms with Crippen LogP contribution in [0.15, 0.2) is 18.2 Å². The number of hydrogen-bond donors (Lipinski definition) is 2. The van der Waals surface area contributed by atoms with E-state index in [1.165, 1.54) is 6.07 Å². The minimum Gasteiger partial charge on any atom is -0.349 e. The zero-order valence-corrected chi connectivity index (χ0v) is 12.0. The molecule has 19 heavy (non-hydrogen) atoms. The van der Waals surface area contributed by atoms with Gasteiger partial charge in [0.05, 0.1) is 6.04 Å². The fourth-order valence-corrected chi connectivity index (χ4v) is 2.28. The van der Waals surface area contributed by atoms with E-state index in [4.69, 9.17) is 5.73 Å². The lowest BCUT2D eigenvalue weighted by molar-refractivity contribution is -0.125. The lowest BCUT2D eigenvalue weighted by Gasteiger charge is -2.20. The van der Waals surface area contributed by atoms with Crippen LogP contribution in [-0.2, 0) is 11.2 Å². The summed E-state index contributed by atoms with van der Waals surface area (Å²) in [7, 11) is 0. The Kier molecular flexibility index (Phi) is 5.32. The molecule has 106 valence electrons. The number of aryl methyl sites for hydroxylation is 1. The maximum Gasteiger partial charge on any atom is 0.224 e. The van der Waals surface area contributed by atoms with Crippen molar-refractivity contribution >= 4 is 18.3 Å². The van der Waals surface area contributed by atoms with Crippen LogP contribution in [0.2, 0.25) is 0 Å². The normalized spacial score (nSPS) is 20.1. The summed E-state index contributed by atoms with van der Waals surface area (Å²) in [5.41, 5.74) is 7.74. The summed E-state index contributed by atoms with van der Waals surface area (Å²) in [4.78, 5) is 12.0. The van der Waals surface area contributed by atoms with Gasteiger partial charge in [0, 0.05) is 12.0 Å². The largest absolute Gasteiger partial charge is 0.349 e. The van der Waals surface area contributed by atoms with Crippen LogP contribution >= 0.6 is 12.4 Å². The summed E-state index contributed by atoms with van der Waals surface area (Å²) >= 11 is 0. The highest BCUT2D eigenvalue weighted by Crippen LogP contribution is 2.31. The number of nitrogens with one attached hydrogen (secondary N) is 1. The molecule has 2 rings (SSSR count). The number of benzene rings is 1. The lowest BCUT2D eigenvalue weighted by atomic mass is 10.0. The summed E-state index contributed by atoms with van der Waals surface area (Å²) in [6.07, 6.45) is 1.64. The molecule has 0 saturated heterocycles. The first-order chi connectivity index (χ1) is 8.49. The van der Waals surface area contributed by atoms with E-state index in [1.807, 2.05) is 13.8 Å². The van der Waals surface area contributed by atoms with Gasteiger partial charge in [0.25, 0.3) is 0 Å². The molecule has 0 saturated carbocycles. The molecule has 3 unspecified atom stereocenters.